The summed E-state index contributed by atoms with van der Waals surface area (Å²) in [6.07, 6.45) is 7.65. The molecule has 3 nitrogen and oxygen atoms in total. The van der Waals surface area contributed by atoms with E-state index in [1.807, 2.05) is 0 Å². The summed E-state index contributed by atoms with van der Waals surface area (Å²) in [5.41, 5.74) is 0. The van der Waals surface area contributed by atoms with Crippen LogP contribution in [0.3, 0.4) is 0 Å². The molecule has 4 heteroatoms. The van der Waals surface area contributed by atoms with Gasteiger partial charge < -0.3 is 5.11 Å². The van der Waals surface area contributed by atoms with E-state index in [2.05, 4.69) is 9.97 Å². The van der Waals surface area contributed by atoms with Gasteiger partial charge in [0.05, 0.1) is 6.10 Å². The molecule has 2 unspecified atom stereocenters. The molecule has 0 spiro atoms. The summed E-state index contributed by atoms with van der Waals surface area (Å²) in [6.45, 7) is 0. The summed E-state index contributed by atoms with van der Waals surface area (Å²) in [7, 11) is 0. The van der Waals surface area contributed by atoms with Gasteiger partial charge in [-0.2, -0.15) is 0 Å². The predicted octanol–water partition coefficient (Wildman–Crippen LogP) is 1.87. The summed E-state index contributed by atoms with van der Waals surface area (Å²) >= 11 is 1.60. The predicted molar refractivity (Wildman–Crippen MR) is 56.2 cm³/mol. The van der Waals surface area contributed by atoms with Crippen LogP contribution in [0.15, 0.2) is 23.6 Å². The second kappa shape index (κ2) is 4.75. The van der Waals surface area contributed by atoms with E-state index in [4.69, 9.17) is 0 Å². The number of thioether (sulfide) groups is 1. The lowest BCUT2D eigenvalue weighted by Gasteiger charge is -2.25. The zero-order valence-electron chi connectivity index (χ0n) is 7.97. The fourth-order valence-electron chi connectivity index (χ4n) is 1.70. The van der Waals surface area contributed by atoms with Crippen molar-refractivity contribution in [2.75, 3.05) is 0 Å². The van der Waals surface area contributed by atoms with E-state index >= 15 is 0 Å². The Hall–Kier alpha value is -0.610. The summed E-state index contributed by atoms with van der Waals surface area (Å²) in [5.74, 6) is 0. The van der Waals surface area contributed by atoms with Crippen LogP contribution in [0.1, 0.15) is 25.7 Å². The minimum Gasteiger partial charge on any atom is -0.392 e. The SMILES string of the molecule is OC1CCCCC1Sc1ncccn1. The summed E-state index contributed by atoms with van der Waals surface area (Å²) in [4.78, 5) is 8.30. The van der Waals surface area contributed by atoms with Crippen molar-refractivity contribution in [3.8, 4) is 0 Å². The lowest BCUT2D eigenvalue weighted by atomic mass is 9.97. The fraction of sp³-hybridized carbons (Fsp3) is 0.600. The lowest BCUT2D eigenvalue weighted by Crippen LogP contribution is -2.26. The number of rotatable bonds is 2. The first-order valence-electron chi connectivity index (χ1n) is 4.98. The third-order valence-electron chi connectivity index (χ3n) is 2.47. The highest BCUT2D eigenvalue weighted by Crippen LogP contribution is 2.31. The maximum absolute atomic E-state index is 9.75. The minimum atomic E-state index is -0.183. The molecule has 0 radical (unpaired) electrons. The lowest BCUT2D eigenvalue weighted by molar-refractivity contribution is 0.137. The Labute approximate surface area is 88.0 Å². The molecule has 2 rings (SSSR count). The van der Waals surface area contributed by atoms with Crippen LogP contribution in [0.5, 0.6) is 0 Å². The van der Waals surface area contributed by atoms with Crippen molar-refractivity contribution in [1.29, 1.82) is 0 Å². The van der Waals surface area contributed by atoms with Gasteiger partial charge in [0.15, 0.2) is 5.16 Å². The Morgan fingerprint density at radius 3 is 2.64 bits per heavy atom. The van der Waals surface area contributed by atoms with Gasteiger partial charge in [-0.1, -0.05) is 24.6 Å². The molecule has 0 aliphatic heterocycles. The molecule has 1 aromatic heterocycles. The van der Waals surface area contributed by atoms with Gasteiger partial charge >= 0.3 is 0 Å². The van der Waals surface area contributed by atoms with Crippen LogP contribution in [-0.4, -0.2) is 26.4 Å². The molecule has 0 bridgehead atoms. The summed E-state index contributed by atoms with van der Waals surface area (Å²) in [6, 6.07) is 1.81. The van der Waals surface area contributed by atoms with Crippen molar-refractivity contribution in [2.45, 2.75) is 42.2 Å². The standard InChI is InChI=1S/C10H14N2OS/c13-8-4-1-2-5-9(8)14-10-11-6-3-7-12-10/h3,6-9,13H,1-2,4-5H2. The summed E-state index contributed by atoms with van der Waals surface area (Å²) < 4.78 is 0. The van der Waals surface area contributed by atoms with E-state index in [0.29, 0.717) is 0 Å². The van der Waals surface area contributed by atoms with Gasteiger partial charge in [0.1, 0.15) is 0 Å². The first kappa shape index (κ1) is 9.93. The van der Waals surface area contributed by atoms with E-state index in [9.17, 15) is 5.11 Å². The van der Waals surface area contributed by atoms with Crippen LogP contribution >= 0.6 is 11.8 Å². The third-order valence-corrected chi connectivity index (χ3v) is 3.74. The highest BCUT2D eigenvalue weighted by Gasteiger charge is 2.24. The van der Waals surface area contributed by atoms with Crippen LogP contribution < -0.4 is 0 Å². The van der Waals surface area contributed by atoms with Gasteiger partial charge in [-0.3, -0.25) is 0 Å². The zero-order chi connectivity index (χ0) is 9.80. The fourth-order valence-corrected chi connectivity index (χ4v) is 2.79. The van der Waals surface area contributed by atoms with Gasteiger partial charge in [0.25, 0.3) is 0 Å². The first-order chi connectivity index (χ1) is 6.86. The molecule has 1 saturated carbocycles. The molecule has 0 aromatic carbocycles. The van der Waals surface area contributed by atoms with Crippen molar-refractivity contribution >= 4 is 11.8 Å². The molecule has 0 amide bonds. The van der Waals surface area contributed by atoms with Crippen LogP contribution in [0, 0.1) is 0 Å². The normalized spacial score (nSPS) is 27.5. The highest BCUT2D eigenvalue weighted by molar-refractivity contribution is 7.99. The van der Waals surface area contributed by atoms with Crippen LogP contribution in [0.25, 0.3) is 0 Å². The van der Waals surface area contributed by atoms with E-state index in [-0.39, 0.29) is 11.4 Å². The third kappa shape index (κ3) is 2.45. The molecule has 1 aliphatic rings. The molecule has 14 heavy (non-hydrogen) atoms. The second-order valence-electron chi connectivity index (χ2n) is 3.54. The molecule has 0 saturated heterocycles. The largest absolute Gasteiger partial charge is 0.392 e. The quantitative estimate of drug-likeness (QED) is 0.757. The van der Waals surface area contributed by atoms with Crippen molar-refractivity contribution in [1.82, 2.24) is 9.97 Å². The molecule has 1 N–H and O–H groups in total. The number of hydrogen-bond donors (Lipinski definition) is 1. The number of aromatic nitrogens is 2. The molecule has 1 heterocycles. The van der Waals surface area contributed by atoms with Gasteiger partial charge in [0, 0.05) is 17.6 Å². The Balaban J connectivity index is 1.96. The zero-order valence-corrected chi connectivity index (χ0v) is 8.78. The van der Waals surface area contributed by atoms with E-state index in [0.717, 1.165) is 24.4 Å². The molecule has 1 aliphatic carbocycles. The Morgan fingerprint density at radius 1 is 1.21 bits per heavy atom. The van der Waals surface area contributed by atoms with Gasteiger partial charge in [-0.05, 0) is 18.9 Å². The highest BCUT2D eigenvalue weighted by atomic mass is 32.2. The van der Waals surface area contributed by atoms with Crippen LogP contribution in [0.4, 0.5) is 0 Å². The molecule has 1 aromatic rings. The van der Waals surface area contributed by atoms with E-state index < -0.39 is 0 Å². The monoisotopic (exact) mass is 210 g/mol. The number of aliphatic hydroxyl groups is 1. The van der Waals surface area contributed by atoms with Gasteiger partial charge in [0.2, 0.25) is 0 Å². The van der Waals surface area contributed by atoms with Gasteiger partial charge in [-0.25, -0.2) is 9.97 Å². The van der Waals surface area contributed by atoms with Crippen LogP contribution in [0.2, 0.25) is 0 Å². The van der Waals surface area contributed by atoms with Crippen molar-refractivity contribution in [3.05, 3.63) is 18.5 Å². The average molecular weight is 210 g/mol. The second-order valence-corrected chi connectivity index (χ2v) is 4.75. The Bertz CT molecular complexity index is 281. The van der Waals surface area contributed by atoms with E-state index in [1.165, 1.54) is 6.42 Å². The number of hydrogen-bond acceptors (Lipinski definition) is 4. The van der Waals surface area contributed by atoms with Crippen LogP contribution in [-0.2, 0) is 0 Å². The van der Waals surface area contributed by atoms with Crippen molar-refractivity contribution in [2.24, 2.45) is 0 Å². The van der Waals surface area contributed by atoms with Gasteiger partial charge in [-0.15, -0.1) is 0 Å². The maximum Gasteiger partial charge on any atom is 0.187 e. The van der Waals surface area contributed by atoms with Crippen molar-refractivity contribution < 1.29 is 5.11 Å². The van der Waals surface area contributed by atoms with E-state index in [1.54, 1.807) is 30.2 Å². The molecule has 76 valence electrons. The maximum atomic E-state index is 9.75. The smallest absolute Gasteiger partial charge is 0.187 e. The number of aliphatic hydroxyl groups excluding tert-OH is 1. The molecule has 2 atom stereocenters. The minimum absolute atomic E-state index is 0.183. The average Bonchev–Trinajstić information content (AvgIpc) is 2.23. The summed E-state index contributed by atoms with van der Waals surface area (Å²) in [5, 5.41) is 10.8. The Morgan fingerprint density at radius 2 is 1.93 bits per heavy atom. The molecular weight excluding hydrogens is 196 g/mol. The topological polar surface area (TPSA) is 46.0 Å². The first-order valence-corrected chi connectivity index (χ1v) is 5.86. The molecule has 1 fully saturated rings. The molecular formula is C10H14N2OS. The number of nitrogens with zero attached hydrogens (tertiary/aromatic N) is 2. The Kier molecular flexibility index (Phi) is 3.37. The van der Waals surface area contributed by atoms with Crippen molar-refractivity contribution in [3.63, 3.8) is 0 Å².